The Labute approximate surface area is 160 Å². The number of hydrazone groups is 1. The minimum atomic E-state index is -3.82. The smallest absolute Gasteiger partial charge is 0.276 e. The molecule has 7 heteroatoms. The van der Waals surface area contributed by atoms with Crippen LogP contribution in [-0.4, -0.2) is 25.0 Å². The Hall–Kier alpha value is -2.67. The average molecular weight is 388 g/mol. The van der Waals surface area contributed by atoms with Gasteiger partial charge in [0.05, 0.1) is 4.90 Å². The first kappa shape index (κ1) is 20.6. The molecule has 0 fully saturated rings. The molecule has 0 aliphatic carbocycles. The third-order valence-electron chi connectivity index (χ3n) is 4.10. The molecule has 0 aliphatic heterocycles. The molecule has 0 bridgehead atoms. The Balaban J connectivity index is 2.39. The Morgan fingerprint density at radius 1 is 1.00 bits per heavy atom. The minimum Gasteiger partial charge on any atom is -0.411 e. The van der Waals surface area contributed by atoms with Crippen LogP contribution < -0.4 is 4.83 Å². The maximum Gasteiger partial charge on any atom is 0.276 e. The highest BCUT2D eigenvalue weighted by Crippen LogP contribution is 2.12. The van der Waals surface area contributed by atoms with E-state index in [0.717, 1.165) is 24.0 Å². The molecule has 6 nitrogen and oxygen atoms in total. The van der Waals surface area contributed by atoms with Gasteiger partial charge in [0.1, 0.15) is 11.4 Å². The van der Waals surface area contributed by atoms with E-state index >= 15 is 0 Å². The quantitative estimate of drug-likeness (QED) is 0.407. The molecular formula is C20H25N3O3S. The Bertz CT molecular complexity index is 916. The first-order valence-corrected chi connectivity index (χ1v) is 10.3. The highest BCUT2D eigenvalue weighted by atomic mass is 32.2. The number of sulfonamides is 1. The van der Waals surface area contributed by atoms with Gasteiger partial charge in [-0.3, -0.25) is 0 Å². The molecular weight excluding hydrogens is 362 g/mol. The highest BCUT2D eigenvalue weighted by molar-refractivity contribution is 7.89. The molecule has 0 amide bonds. The van der Waals surface area contributed by atoms with Gasteiger partial charge in [-0.25, -0.2) is 0 Å². The normalized spacial score (nSPS) is 12.9. The van der Waals surface area contributed by atoms with E-state index in [4.69, 9.17) is 0 Å². The molecule has 27 heavy (non-hydrogen) atoms. The third-order valence-corrected chi connectivity index (χ3v) is 5.32. The molecule has 0 saturated heterocycles. The van der Waals surface area contributed by atoms with Crippen molar-refractivity contribution < 1.29 is 13.6 Å². The molecule has 144 valence electrons. The molecule has 0 radical (unpaired) electrons. The van der Waals surface area contributed by atoms with Crippen LogP contribution in [0.1, 0.15) is 42.9 Å². The van der Waals surface area contributed by atoms with Crippen molar-refractivity contribution in [3.63, 3.8) is 0 Å². The summed E-state index contributed by atoms with van der Waals surface area (Å²) in [6, 6.07) is 13.9. The predicted molar refractivity (Wildman–Crippen MR) is 108 cm³/mol. The molecule has 2 aromatic carbocycles. The number of oxime groups is 1. The number of unbranched alkanes of at least 4 members (excludes halogenated alkanes) is 1. The van der Waals surface area contributed by atoms with Gasteiger partial charge in [0.2, 0.25) is 0 Å². The van der Waals surface area contributed by atoms with Crippen LogP contribution in [0.4, 0.5) is 0 Å². The number of rotatable bonds is 8. The fraction of sp³-hybridized carbons (Fsp3) is 0.300. The second kappa shape index (κ2) is 9.32. The second-order valence-corrected chi connectivity index (χ2v) is 8.05. The van der Waals surface area contributed by atoms with Crippen molar-refractivity contribution in [3.8, 4) is 0 Å². The number of aryl methyl sites for hydroxylation is 2. The molecule has 2 N–H and O–H groups in total. The summed E-state index contributed by atoms with van der Waals surface area (Å²) in [7, 11) is -3.82. The molecule has 2 aromatic rings. The van der Waals surface area contributed by atoms with E-state index in [2.05, 4.69) is 15.1 Å². The summed E-state index contributed by atoms with van der Waals surface area (Å²) in [4.78, 5) is 2.39. The lowest BCUT2D eigenvalue weighted by molar-refractivity contribution is 0.318. The maximum atomic E-state index is 12.5. The van der Waals surface area contributed by atoms with Crippen LogP contribution in [0.3, 0.4) is 0 Å². The Morgan fingerprint density at radius 3 is 2.07 bits per heavy atom. The van der Waals surface area contributed by atoms with Crippen LogP contribution in [0.5, 0.6) is 0 Å². The van der Waals surface area contributed by atoms with E-state index in [1.165, 1.54) is 12.1 Å². The molecule has 0 aliphatic rings. The number of nitrogens with zero attached hydrogens (tertiary/aromatic N) is 2. The molecule has 0 heterocycles. The van der Waals surface area contributed by atoms with E-state index < -0.39 is 10.0 Å². The first-order valence-electron chi connectivity index (χ1n) is 8.82. The summed E-state index contributed by atoms with van der Waals surface area (Å²) >= 11 is 0. The van der Waals surface area contributed by atoms with Crippen molar-refractivity contribution in [2.75, 3.05) is 0 Å². The molecule has 0 atom stereocenters. The zero-order chi connectivity index (χ0) is 19.9. The van der Waals surface area contributed by atoms with Crippen LogP contribution in [0.25, 0.3) is 0 Å². The van der Waals surface area contributed by atoms with Crippen molar-refractivity contribution in [1.82, 2.24) is 4.83 Å². The molecule has 0 unspecified atom stereocenters. The van der Waals surface area contributed by atoms with Gasteiger partial charge in [-0.15, -0.1) is 0 Å². The summed E-state index contributed by atoms with van der Waals surface area (Å²) < 4.78 is 25.1. The van der Waals surface area contributed by atoms with Crippen LogP contribution in [0, 0.1) is 13.8 Å². The van der Waals surface area contributed by atoms with E-state index in [9.17, 15) is 13.6 Å². The second-order valence-electron chi connectivity index (χ2n) is 6.38. The lowest BCUT2D eigenvalue weighted by Gasteiger charge is -2.11. The van der Waals surface area contributed by atoms with E-state index in [0.29, 0.717) is 23.4 Å². The van der Waals surface area contributed by atoms with Crippen molar-refractivity contribution in [2.24, 2.45) is 10.3 Å². The molecule has 0 saturated carbocycles. The zero-order valence-corrected chi connectivity index (χ0v) is 16.6. The summed E-state index contributed by atoms with van der Waals surface area (Å²) in [5, 5.41) is 16.9. The van der Waals surface area contributed by atoms with Crippen LogP contribution in [0.15, 0.2) is 63.7 Å². The number of nitrogens with one attached hydrogen (secondary N) is 1. The van der Waals surface area contributed by atoms with Crippen LogP contribution in [0.2, 0.25) is 0 Å². The van der Waals surface area contributed by atoms with Gasteiger partial charge >= 0.3 is 0 Å². The monoisotopic (exact) mass is 387 g/mol. The number of benzene rings is 2. The molecule has 0 aromatic heterocycles. The average Bonchev–Trinajstić information content (AvgIpc) is 2.65. The fourth-order valence-corrected chi connectivity index (χ4v) is 3.25. The summed E-state index contributed by atoms with van der Waals surface area (Å²) in [6.45, 7) is 5.87. The maximum absolute atomic E-state index is 12.5. The van der Waals surface area contributed by atoms with E-state index in [1.807, 2.05) is 45.0 Å². The summed E-state index contributed by atoms with van der Waals surface area (Å²) in [6.07, 6.45) is 2.20. The molecule has 2 rings (SSSR count). The highest BCUT2D eigenvalue weighted by Gasteiger charge is 2.17. The van der Waals surface area contributed by atoms with Crippen molar-refractivity contribution >= 4 is 21.4 Å². The standard InChI is InChI=1S/C20H25N3O3S/c1-4-5-6-19(22-24)20(17-11-7-15(2)8-12-17)21-23-27(25,26)18-13-9-16(3)10-14-18/h7-14,23-24H,4-6H2,1-3H3/b21-20-,22-19+. The SMILES string of the molecule is CCCCC(=N\O)/C(=N\NS(=O)(=O)c1ccc(C)cc1)c1ccc(C)cc1. The summed E-state index contributed by atoms with van der Waals surface area (Å²) in [5.41, 5.74) is 3.35. The predicted octanol–water partition coefficient (Wildman–Crippen LogP) is 4.01. The van der Waals surface area contributed by atoms with Crippen molar-refractivity contribution in [1.29, 1.82) is 0 Å². The van der Waals surface area contributed by atoms with Crippen molar-refractivity contribution in [2.45, 2.75) is 44.9 Å². The summed E-state index contributed by atoms with van der Waals surface area (Å²) in [5.74, 6) is 0. The number of hydrogen-bond acceptors (Lipinski definition) is 5. The van der Waals surface area contributed by atoms with Gasteiger partial charge in [-0.1, -0.05) is 66.0 Å². The minimum absolute atomic E-state index is 0.121. The molecule has 0 spiro atoms. The largest absolute Gasteiger partial charge is 0.411 e. The van der Waals surface area contributed by atoms with Crippen LogP contribution >= 0.6 is 0 Å². The Morgan fingerprint density at radius 2 is 1.56 bits per heavy atom. The third kappa shape index (κ3) is 5.65. The lowest BCUT2D eigenvalue weighted by Crippen LogP contribution is -2.24. The van der Waals surface area contributed by atoms with Gasteiger partial charge in [0.25, 0.3) is 10.0 Å². The Kier molecular flexibility index (Phi) is 7.12. The van der Waals surface area contributed by atoms with Gasteiger partial charge in [0, 0.05) is 5.56 Å². The van der Waals surface area contributed by atoms with Gasteiger partial charge in [-0.2, -0.15) is 18.4 Å². The lowest BCUT2D eigenvalue weighted by atomic mass is 10.0. The zero-order valence-electron chi connectivity index (χ0n) is 15.8. The van der Waals surface area contributed by atoms with Gasteiger partial charge in [-0.05, 0) is 38.8 Å². The van der Waals surface area contributed by atoms with Crippen LogP contribution in [-0.2, 0) is 10.0 Å². The fourth-order valence-electron chi connectivity index (χ4n) is 2.44. The van der Waals surface area contributed by atoms with E-state index in [1.54, 1.807) is 12.1 Å². The van der Waals surface area contributed by atoms with Crippen molar-refractivity contribution in [3.05, 3.63) is 65.2 Å². The number of hydrogen-bond donors (Lipinski definition) is 2. The van der Waals surface area contributed by atoms with Gasteiger partial charge in [0.15, 0.2) is 0 Å². The first-order chi connectivity index (χ1) is 12.9. The van der Waals surface area contributed by atoms with E-state index in [-0.39, 0.29) is 4.90 Å². The van der Waals surface area contributed by atoms with Gasteiger partial charge < -0.3 is 5.21 Å². The topological polar surface area (TPSA) is 91.1 Å².